The number of anilines is 1. The number of carbonyl (C=O) groups excluding carboxylic acids is 3. The normalized spacial score (nSPS) is 14.5. The number of hydrogen-bond donors (Lipinski definition) is 1. The van der Waals surface area contributed by atoms with Crippen molar-refractivity contribution in [2.45, 2.75) is 12.8 Å². The van der Waals surface area contributed by atoms with Gasteiger partial charge in [0.2, 0.25) is 5.91 Å². The summed E-state index contributed by atoms with van der Waals surface area (Å²) in [5.74, 6) is -1.99. The zero-order valence-corrected chi connectivity index (χ0v) is 23.2. The summed E-state index contributed by atoms with van der Waals surface area (Å²) >= 11 is 13.2. The largest absolute Gasteiger partial charge is 0.495 e. The molecule has 1 heterocycles. The Balaban J connectivity index is 1.45. The molecular weight excluding hydrogens is 611 g/mol. The molecule has 0 spiro atoms. The number of thioether (sulfide) groups is 1. The molecule has 3 amide bonds. The summed E-state index contributed by atoms with van der Waals surface area (Å²) in [7, 11) is 1.21. The van der Waals surface area contributed by atoms with Crippen LogP contribution in [-0.4, -0.2) is 35.6 Å². The molecule has 41 heavy (non-hydrogen) atoms. The van der Waals surface area contributed by atoms with Crippen molar-refractivity contribution in [2.24, 2.45) is 0 Å². The Morgan fingerprint density at radius 3 is 2.32 bits per heavy atom. The number of nitrogens with one attached hydrogen (secondary N) is 1. The molecular formula is C27H18Cl2F4N2O5S. The number of ether oxygens (including phenoxy) is 2. The number of amides is 3. The first-order valence-corrected chi connectivity index (χ1v) is 13.1. The molecule has 1 saturated heterocycles. The van der Waals surface area contributed by atoms with Crippen molar-refractivity contribution in [3.63, 3.8) is 0 Å². The summed E-state index contributed by atoms with van der Waals surface area (Å²) in [5.41, 5.74) is -0.266. The van der Waals surface area contributed by atoms with Gasteiger partial charge in [-0.3, -0.25) is 19.3 Å². The molecule has 0 aromatic heterocycles. The van der Waals surface area contributed by atoms with E-state index < -0.39 is 41.2 Å². The van der Waals surface area contributed by atoms with Crippen LogP contribution in [0.25, 0.3) is 6.08 Å². The average Bonchev–Trinajstić information content (AvgIpc) is 3.15. The van der Waals surface area contributed by atoms with E-state index in [9.17, 15) is 31.9 Å². The lowest BCUT2D eigenvalue weighted by Gasteiger charge is -2.16. The minimum absolute atomic E-state index is 0.0356. The molecule has 0 aliphatic carbocycles. The number of methoxy groups -OCH3 is 1. The Morgan fingerprint density at radius 1 is 1.05 bits per heavy atom. The van der Waals surface area contributed by atoms with Gasteiger partial charge in [0.15, 0.2) is 5.75 Å². The first-order valence-electron chi connectivity index (χ1n) is 11.5. The van der Waals surface area contributed by atoms with Gasteiger partial charge in [-0.25, -0.2) is 4.39 Å². The fourth-order valence-corrected chi connectivity index (χ4v) is 5.09. The van der Waals surface area contributed by atoms with Gasteiger partial charge >= 0.3 is 6.18 Å². The van der Waals surface area contributed by atoms with Crippen LogP contribution in [0.2, 0.25) is 10.0 Å². The highest BCUT2D eigenvalue weighted by Crippen LogP contribution is 2.38. The molecule has 0 radical (unpaired) electrons. The maximum atomic E-state index is 13.1. The molecule has 4 rings (SSSR count). The Kier molecular flexibility index (Phi) is 9.15. The molecule has 0 saturated carbocycles. The number of carbonyl (C=O) groups is 3. The van der Waals surface area contributed by atoms with E-state index in [0.29, 0.717) is 33.9 Å². The fourth-order valence-electron chi connectivity index (χ4n) is 3.64. The summed E-state index contributed by atoms with van der Waals surface area (Å²) in [6.07, 6.45) is -3.32. The molecule has 0 atom stereocenters. The Morgan fingerprint density at radius 2 is 1.71 bits per heavy atom. The number of rotatable bonds is 8. The van der Waals surface area contributed by atoms with Gasteiger partial charge in [0.05, 0.1) is 33.3 Å². The summed E-state index contributed by atoms with van der Waals surface area (Å²) in [5, 5.41) is 1.71. The second-order valence-electron chi connectivity index (χ2n) is 8.46. The van der Waals surface area contributed by atoms with Crippen LogP contribution in [0.15, 0.2) is 59.5 Å². The van der Waals surface area contributed by atoms with Gasteiger partial charge < -0.3 is 14.8 Å². The highest BCUT2D eigenvalue weighted by Gasteiger charge is 2.37. The Bertz CT molecular complexity index is 1520. The van der Waals surface area contributed by atoms with Crippen molar-refractivity contribution < 1.29 is 41.4 Å². The zero-order chi connectivity index (χ0) is 29.9. The first-order chi connectivity index (χ1) is 19.3. The number of halogens is 6. The highest BCUT2D eigenvalue weighted by molar-refractivity contribution is 8.18. The molecule has 7 nitrogen and oxygen atoms in total. The van der Waals surface area contributed by atoms with Gasteiger partial charge in [0, 0.05) is 0 Å². The molecule has 1 aliphatic rings. The monoisotopic (exact) mass is 628 g/mol. The smallest absolute Gasteiger partial charge is 0.416 e. The Hall–Kier alpha value is -3.74. The van der Waals surface area contributed by atoms with Gasteiger partial charge in [-0.2, -0.15) is 13.2 Å². The van der Waals surface area contributed by atoms with Crippen molar-refractivity contribution in [3.8, 4) is 11.5 Å². The van der Waals surface area contributed by atoms with Crippen LogP contribution >= 0.6 is 35.0 Å². The lowest BCUT2D eigenvalue weighted by Crippen LogP contribution is -2.36. The maximum Gasteiger partial charge on any atom is 0.416 e. The van der Waals surface area contributed by atoms with Crippen LogP contribution in [0.4, 0.5) is 28.0 Å². The minimum Gasteiger partial charge on any atom is -0.495 e. The molecule has 3 aromatic rings. The summed E-state index contributed by atoms with van der Waals surface area (Å²) in [6.45, 7) is -0.689. The minimum atomic E-state index is -4.66. The molecule has 3 aromatic carbocycles. The standard InChI is InChI=1S/C27H18Cl2F4N2O5S/c1-39-21-7-4-16(27(31,32)33)11-20(21)34-23(36)12-35-25(37)22(41-26(35)38)10-15-8-18(28)24(19(29)9-15)40-13-14-2-5-17(30)6-3-14/h2-11H,12-13H2,1H3,(H,34,36)/b22-10-. The predicted molar refractivity (Wildman–Crippen MR) is 146 cm³/mol. The maximum absolute atomic E-state index is 13.1. The molecule has 214 valence electrons. The molecule has 1 fully saturated rings. The Labute approximate surface area is 245 Å². The highest BCUT2D eigenvalue weighted by atomic mass is 35.5. The number of nitrogens with zero attached hydrogens (tertiary/aromatic N) is 1. The van der Waals surface area contributed by atoms with Gasteiger partial charge in [-0.1, -0.05) is 35.3 Å². The van der Waals surface area contributed by atoms with E-state index >= 15 is 0 Å². The second kappa shape index (κ2) is 12.4. The predicted octanol–water partition coefficient (Wildman–Crippen LogP) is 7.41. The molecule has 14 heteroatoms. The van der Waals surface area contributed by atoms with Gasteiger partial charge in [0.25, 0.3) is 11.1 Å². The number of benzene rings is 3. The van der Waals surface area contributed by atoms with E-state index in [0.717, 1.165) is 12.1 Å². The van der Waals surface area contributed by atoms with E-state index in [4.69, 9.17) is 32.7 Å². The topological polar surface area (TPSA) is 84.9 Å². The lowest BCUT2D eigenvalue weighted by atomic mass is 10.1. The van der Waals surface area contributed by atoms with Crippen molar-refractivity contribution in [3.05, 3.63) is 92.1 Å². The van der Waals surface area contributed by atoms with Crippen molar-refractivity contribution in [2.75, 3.05) is 19.0 Å². The third-order valence-corrected chi connectivity index (χ3v) is 7.06. The quantitative estimate of drug-likeness (QED) is 0.206. The van der Waals surface area contributed by atoms with Gasteiger partial charge in [0.1, 0.15) is 24.7 Å². The molecule has 0 unspecified atom stereocenters. The fraction of sp³-hybridized carbons (Fsp3) is 0.148. The van der Waals surface area contributed by atoms with Crippen LogP contribution < -0.4 is 14.8 Å². The zero-order valence-electron chi connectivity index (χ0n) is 20.9. The van der Waals surface area contributed by atoms with Crippen LogP contribution in [0.3, 0.4) is 0 Å². The lowest BCUT2D eigenvalue weighted by molar-refractivity contribution is -0.137. The molecule has 1 aliphatic heterocycles. The van der Waals surface area contributed by atoms with Crippen LogP contribution in [0.5, 0.6) is 11.5 Å². The average molecular weight is 629 g/mol. The van der Waals surface area contributed by atoms with Crippen LogP contribution in [0, 0.1) is 5.82 Å². The van der Waals surface area contributed by atoms with Crippen molar-refractivity contribution in [1.82, 2.24) is 4.90 Å². The van der Waals surface area contributed by atoms with Crippen molar-refractivity contribution >= 4 is 63.8 Å². The van der Waals surface area contributed by atoms with Gasteiger partial charge in [-0.05, 0) is 71.4 Å². The first kappa shape index (κ1) is 30.2. The molecule has 0 bridgehead atoms. The van der Waals surface area contributed by atoms with E-state index in [1.807, 2.05) is 0 Å². The van der Waals surface area contributed by atoms with Crippen molar-refractivity contribution in [1.29, 1.82) is 0 Å². The third-order valence-electron chi connectivity index (χ3n) is 5.59. The number of hydrogen-bond acceptors (Lipinski definition) is 6. The second-order valence-corrected chi connectivity index (χ2v) is 10.3. The van der Waals surface area contributed by atoms with Gasteiger partial charge in [-0.15, -0.1) is 0 Å². The van der Waals surface area contributed by atoms with E-state index in [1.54, 1.807) is 0 Å². The third kappa shape index (κ3) is 7.32. The van der Waals surface area contributed by atoms with E-state index in [1.165, 1.54) is 49.6 Å². The summed E-state index contributed by atoms with van der Waals surface area (Å²) in [6, 6.07) is 11.1. The SMILES string of the molecule is COc1ccc(C(F)(F)F)cc1NC(=O)CN1C(=O)S/C(=C\c2cc(Cl)c(OCc3ccc(F)cc3)c(Cl)c2)C1=O. The van der Waals surface area contributed by atoms with Crippen LogP contribution in [0.1, 0.15) is 16.7 Å². The molecule has 1 N–H and O–H groups in total. The van der Waals surface area contributed by atoms with E-state index in [-0.39, 0.29) is 38.7 Å². The van der Waals surface area contributed by atoms with Crippen LogP contribution in [-0.2, 0) is 22.4 Å². The summed E-state index contributed by atoms with van der Waals surface area (Å²) in [4.78, 5) is 38.6. The number of alkyl halides is 3. The van der Waals surface area contributed by atoms with E-state index in [2.05, 4.69) is 5.32 Å². The summed E-state index contributed by atoms with van der Waals surface area (Å²) < 4.78 is 63.0. The number of imide groups is 1.